The topological polar surface area (TPSA) is 76.0 Å². The van der Waals surface area contributed by atoms with Gasteiger partial charge in [-0.3, -0.25) is 0 Å². The molecule has 0 heterocycles. The van der Waals surface area contributed by atoms with Gasteiger partial charge in [0.15, 0.2) is 5.75 Å². The van der Waals surface area contributed by atoms with Crippen LogP contribution < -0.4 is 4.89 Å². The molecule has 2 rings (SSSR count). The molecule has 24 heavy (non-hydrogen) atoms. The molecule has 1 atom stereocenters. The van der Waals surface area contributed by atoms with E-state index in [1.807, 2.05) is 30.3 Å². The molecule has 2 aromatic rings. The lowest BCUT2D eigenvalue weighted by molar-refractivity contribution is -0.286. The Morgan fingerprint density at radius 3 is 2.38 bits per heavy atom. The normalized spacial score (nSPS) is 12.7. The molecule has 5 nitrogen and oxygen atoms in total. The number of aliphatic hydroxyl groups is 1. The van der Waals surface area contributed by atoms with Crippen LogP contribution in [0, 0.1) is 0 Å². The van der Waals surface area contributed by atoms with Crippen molar-refractivity contribution in [1.29, 1.82) is 0 Å². The average Bonchev–Trinajstić information content (AvgIpc) is 2.52. The van der Waals surface area contributed by atoms with Crippen LogP contribution in [0.15, 0.2) is 48.5 Å². The molecule has 2 N–H and O–H groups in total. The summed E-state index contributed by atoms with van der Waals surface area (Å²) in [5.41, 5.74) is 0.595. The first-order chi connectivity index (χ1) is 11.3. The highest BCUT2D eigenvalue weighted by Gasteiger charge is 2.25. The number of carboxylic acids is 1. The predicted molar refractivity (Wildman–Crippen MR) is 90.9 cm³/mol. The van der Waals surface area contributed by atoms with Crippen molar-refractivity contribution in [3.63, 3.8) is 0 Å². The second-order valence-corrected chi connectivity index (χ2v) is 6.33. The molecule has 0 aliphatic heterocycles. The van der Waals surface area contributed by atoms with Crippen molar-refractivity contribution < 1.29 is 24.8 Å². The zero-order chi connectivity index (χ0) is 17.7. The number of aliphatic hydroxyl groups excluding tert-OH is 1. The molecule has 0 bridgehead atoms. The highest BCUT2D eigenvalue weighted by atomic mass is 17.2. The molecule has 0 aliphatic carbocycles. The summed E-state index contributed by atoms with van der Waals surface area (Å²) in [6.45, 7) is 5.26. The number of aromatic carboxylic acids is 1. The van der Waals surface area contributed by atoms with Gasteiger partial charge in [0.25, 0.3) is 0 Å². The molecular formula is C19H22O5. The van der Waals surface area contributed by atoms with Gasteiger partial charge in [-0.15, -0.1) is 0 Å². The van der Waals surface area contributed by atoms with E-state index < -0.39 is 17.7 Å². The second kappa shape index (κ2) is 7.47. The first kappa shape index (κ1) is 18.0. The van der Waals surface area contributed by atoms with Crippen LogP contribution in [0.2, 0.25) is 0 Å². The van der Waals surface area contributed by atoms with E-state index in [9.17, 15) is 15.0 Å². The quantitative estimate of drug-likeness (QED) is 0.594. The first-order valence-electron chi connectivity index (χ1n) is 7.75. The number of benzene rings is 2. The SMILES string of the molecule is CC(O)CC(C)(C)OOc1cccc(C(=O)O)c1-c1ccccc1. The largest absolute Gasteiger partial charge is 0.478 e. The highest BCUT2D eigenvalue weighted by molar-refractivity contribution is 5.97. The van der Waals surface area contributed by atoms with Crippen molar-refractivity contribution >= 4 is 5.97 Å². The van der Waals surface area contributed by atoms with Gasteiger partial charge in [0.05, 0.1) is 11.7 Å². The lowest BCUT2D eigenvalue weighted by atomic mass is 9.98. The molecule has 1 unspecified atom stereocenters. The smallest absolute Gasteiger partial charge is 0.336 e. The maximum atomic E-state index is 11.6. The van der Waals surface area contributed by atoms with Gasteiger partial charge in [0, 0.05) is 12.0 Å². The van der Waals surface area contributed by atoms with Crippen molar-refractivity contribution in [2.24, 2.45) is 0 Å². The molecule has 0 fully saturated rings. The number of rotatable bonds is 7. The molecule has 0 amide bonds. The van der Waals surface area contributed by atoms with Gasteiger partial charge >= 0.3 is 5.97 Å². The molecule has 0 aromatic heterocycles. The molecule has 0 radical (unpaired) electrons. The van der Waals surface area contributed by atoms with E-state index >= 15 is 0 Å². The van der Waals surface area contributed by atoms with Crippen LogP contribution >= 0.6 is 0 Å². The Morgan fingerprint density at radius 1 is 1.12 bits per heavy atom. The predicted octanol–water partition coefficient (Wildman–Crippen LogP) is 3.91. The van der Waals surface area contributed by atoms with Crippen molar-refractivity contribution in [3.05, 3.63) is 54.1 Å². The summed E-state index contributed by atoms with van der Waals surface area (Å²) in [7, 11) is 0. The zero-order valence-electron chi connectivity index (χ0n) is 14.0. The fourth-order valence-electron chi connectivity index (χ4n) is 2.58. The van der Waals surface area contributed by atoms with E-state index in [-0.39, 0.29) is 5.56 Å². The Kier molecular flexibility index (Phi) is 5.59. The third kappa shape index (κ3) is 4.57. The van der Waals surface area contributed by atoms with Crippen LogP contribution in [0.5, 0.6) is 5.75 Å². The molecule has 0 aliphatic rings. The second-order valence-electron chi connectivity index (χ2n) is 6.33. The van der Waals surface area contributed by atoms with Gasteiger partial charge in [-0.1, -0.05) is 36.4 Å². The summed E-state index contributed by atoms with van der Waals surface area (Å²) < 4.78 is 0. The lowest BCUT2D eigenvalue weighted by Gasteiger charge is -2.25. The van der Waals surface area contributed by atoms with E-state index in [2.05, 4.69) is 0 Å². The molecule has 2 aromatic carbocycles. The minimum Gasteiger partial charge on any atom is -0.478 e. The standard InChI is InChI=1S/C19H22O5/c1-13(20)12-19(2,3)24-23-16-11-7-10-15(18(21)22)17(16)14-8-5-4-6-9-14/h4-11,13,20H,12H2,1-3H3,(H,21,22). The summed E-state index contributed by atoms with van der Waals surface area (Å²) in [6, 6.07) is 13.9. The van der Waals surface area contributed by atoms with Crippen molar-refractivity contribution in [2.75, 3.05) is 0 Å². The Labute approximate surface area is 141 Å². The molecule has 0 saturated carbocycles. The Balaban J connectivity index is 2.37. The van der Waals surface area contributed by atoms with Gasteiger partial charge in [0.2, 0.25) is 0 Å². The van der Waals surface area contributed by atoms with Crippen LogP contribution in [0.4, 0.5) is 0 Å². The Morgan fingerprint density at radius 2 is 1.79 bits per heavy atom. The lowest BCUT2D eigenvalue weighted by Crippen LogP contribution is -2.30. The van der Waals surface area contributed by atoms with Crippen LogP contribution in [0.1, 0.15) is 37.6 Å². The van der Waals surface area contributed by atoms with Gasteiger partial charge in [-0.2, -0.15) is 4.89 Å². The fraction of sp³-hybridized carbons (Fsp3) is 0.316. The van der Waals surface area contributed by atoms with E-state index in [0.29, 0.717) is 17.7 Å². The van der Waals surface area contributed by atoms with E-state index in [1.54, 1.807) is 32.9 Å². The maximum absolute atomic E-state index is 11.6. The third-order valence-corrected chi connectivity index (χ3v) is 3.46. The van der Waals surface area contributed by atoms with Gasteiger partial charge < -0.3 is 15.1 Å². The van der Waals surface area contributed by atoms with Gasteiger partial charge in [0.1, 0.15) is 5.60 Å². The number of carboxylic acid groups (broad SMARTS) is 1. The van der Waals surface area contributed by atoms with Crippen LogP contribution in [0.25, 0.3) is 11.1 Å². The van der Waals surface area contributed by atoms with Crippen LogP contribution in [-0.4, -0.2) is 27.9 Å². The highest BCUT2D eigenvalue weighted by Crippen LogP contribution is 2.34. The van der Waals surface area contributed by atoms with Gasteiger partial charge in [-0.25, -0.2) is 4.79 Å². The van der Waals surface area contributed by atoms with Crippen LogP contribution in [-0.2, 0) is 4.89 Å². The molecule has 0 saturated heterocycles. The average molecular weight is 330 g/mol. The van der Waals surface area contributed by atoms with E-state index in [0.717, 1.165) is 5.56 Å². The van der Waals surface area contributed by atoms with Gasteiger partial charge in [-0.05, 0) is 38.5 Å². The minimum absolute atomic E-state index is 0.135. The number of hydrogen-bond acceptors (Lipinski definition) is 4. The third-order valence-electron chi connectivity index (χ3n) is 3.46. The fourth-order valence-corrected chi connectivity index (χ4v) is 2.58. The Bertz CT molecular complexity index is 692. The zero-order valence-corrected chi connectivity index (χ0v) is 14.0. The summed E-state index contributed by atoms with van der Waals surface area (Å²) in [4.78, 5) is 22.5. The molecule has 5 heteroatoms. The first-order valence-corrected chi connectivity index (χ1v) is 7.75. The summed E-state index contributed by atoms with van der Waals surface area (Å²) in [5.74, 6) is -0.720. The molecule has 128 valence electrons. The number of carbonyl (C=O) groups is 1. The van der Waals surface area contributed by atoms with Crippen LogP contribution in [0.3, 0.4) is 0 Å². The summed E-state index contributed by atoms with van der Waals surface area (Å²) >= 11 is 0. The Hall–Kier alpha value is -2.37. The summed E-state index contributed by atoms with van der Waals surface area (Å²) in [5, 5.41) is 19.0. The number of hydrogen-bond donors (Lipinski definition) is 2. The minimum atomic E-state index is -1.04. The monoisotopic (exact) mass is 330 g/mol. The summed E-state index contributed by atoms with van der Waals surface area (Å²) in [6.07, 6.45) is -0.158. The molecular weight excluding hydrogens is 308 g/mol. The molecule has 0 spiro atoms. The van der Waals surface area contributed by atoms with Crippen molar-refractivity contribution in [3.8, 4) is 16.9 Å². The van der Waals surface area contributed by atoms with E-state index in [4.69, 9.17) is 9.78 Å². The van der Waals surface area contributed by atoms with Crippen molar-refractivity contribution in [2.45, 2.75) is 38.9 Å². The maximum Gasteiger partial charge on any atom is 0.336 e. The van der Waals surface area contributed by atoms with E-state index in [1.165, 1.54) is 6.07 Å². The van der Waals surface area contributed by atoms with Crippen molar-refractivity contribution in [1.82, 2.24) is 0 Å².